The molecule has 2 saturated heterocycles. The molecule has 0 aliphatic carbocycles. The first kappa shape index (κ1) is 20.1. The van der Waals surface area contributed by atoms with Crippen LogP contribution in [-0.4, -0.2) is 66.9 Å². The van der Waals surface area contributed by atoms with Crippen molar-refractivity contribution in [2.75, 3.05) is 49.1 Å². The molecule has 2 aromatic heterocycles. The molecule has 31 heavy (non-hydrogen) atoms. The molecule has 0 atom stereocenters. The van der Waals surface area contributed by atoms with Crippen molar-refractivity contribution in [3.8, 4) is 0 Å². The Morgan fingerprint density at radius 3 is 2.39 bits per heavy atom. The van der Waals surface area contributed by atoms with Gasteiger partial charge in [0.2, 0.25) is 16.0 Å². The van der Waals surface area contributed by atoms with E-state index < -0.39 is 10.0 Å². The Kier molecular flexibility index (Phi) is 5.23. The third kappa shape index (κ3) is 3.83. The van der Waals surface area contributed by atoms with E-state index in [0.717, 1.165) is 35.9 Å². The molecule has 2 aliphatic rings. The fourth-order valence-electron chi connectivity index (χ4n) is 4.34. The fourth-order valence-corrected chi connectivity index (χ4v) is 5.93. The van der Waals surface area contributed by atoms with E-state index in [9.17, 15) is 8.42 Å². The zero-order chi connectivity index (χ0) is 21.4. The summed E-state index contributed by atoms with van der Waals surface area (Å²) in [6.45, 7) is 5.98. The van der Waals surface area contributed by atoms with Crippen molar-refractivity contribution in [3.63, 3.8) is 0 Å². The molecule has 162 valence electrons. The molecular weight excluding hydrogens is 412 g/mol. The maximum Gasteiger partial charge on any atom is 0.245 e. The number of fused-ring (bicyclic) bond motifs is 1. The zero-order valence-electron chi connectivity index (χ0n) is 17.6. The van der Waals surface area contributed by atoms with Crippen LogP contribution in [-0.2, 0) is 10.0 Å². The Morgan fingerprint density at radius 2 is 1.61 bits per heavy atom. The summed E-state index contributed by atoms with van der Waals surface area (Å²) in [7, 11) is -3.62. The lowest BCUT2D eigenvalue weighted by molar-refractivity contribution is 0.384. The minimum atomic E-state index is -3.62. The smallest absolute Gasteiger partial charge is 0.245 e. The summed E-state index contributed by atoms with van der Waals surface area (Å²) in [6.07, 6.45) is 3.98. The van der Waals surface area contributed by atoms with E-state index in [1.165, 1.54) is 12.8 Å². The van der Waals surface area contributed by atoms with E-state index in [4.69, 9.17) is 4.98 Å². The van der Waals surface area contributed by atoms with Crippen molar-refractivity contribution in [3.05, 3.63) is 48.3 Å². The number of para-hydroxylation sites is 1. The van der Waals surface area contributed by atoms with Gasteiger partial charge in [-0.05, 0) is 31.9 Å². The van der Waals surface area contributed by atoms with E-state index in [2.05, 4.69) is 19.8 Å². The molecule has 1 aromatic carbocycles. The number of aromatic nitrogens is 3. The van der Waals surface area contributed by atoms with E-state index >= 15 is 0 Å². The highest BCUT2D eigenvalue weighted by atomic mass is 32.2. The summed E-state index contributed by atoms with van der Waals surface area (Å²) < 4.78 is 28.3. The van der Waals surface area contributed by atoms with Crippen molar-refractivity contribution in [1.29, 1.82) is 0 Å². The zero-order valence-corrected chi connectivity index (χ0v) is 18.4. The maximum absolute atomic E-state index is 13.4. The quantitative estimate of drug-likeness (QED) is 0.619. The van der Waals surface area contributed by atoms with Crippen LogP contribution in [0.15, 0.2) is 47.5 Å². The number of nitrogens with zero attached hydrogens (tertiary/aromatic N) is 6. The molecule has 0 unspecified atom stereocenters. The first-order valence-corrected chi connectivity index (χ1v) is 12.2. The van der Waals surface area contributed by atoms with Crippen LogP contribution in [0.2, 0.25) is 0 Å². The Balaban J connectivity index is 1.36. The minimum Gasteiger partial charge on any atom is -0.354 e. The molecule has 8 nitrogen and oxygen atoms in total. The van der Waals surface area contributed by atoms with Crippen LogP contribution in [0.3, 0.4) is 0 Å². The van der Waals surface area contributed by atoms with Crippen molar-refractivity contribution < 1.29 is 8.42 Å². The van der Waals surface area contributed by atoms with E-state index in [0.29, 0.717) is 31.7 Å². The predicted octanol–water partition coefficient (Wildman–Crippen LogP) is 2.44. The van der Waals surface area contributed by atoms with Crippen molar-refractivity contribution in [2.24, 2.45) is 0 Å². The van der Waals surface area contributed by atoms with Gasteiger partial charge in [0.1, 0.15) is 10.7 Å². The normalized spacial score (nSPS) is 18.1. The second-order valence-electron chi connectivity index (χ2n) is 8.08. The number of anilines is 2. The molecule has 3 aromatic rings. The number of aryl methyl sites for hydroxylation is 1. The average molecular weight is 439 g/mol. The Bertz CT molecular complexity index is 1200. The lowest BCUT2D eigenvalue weighted by Gasteiger charge is -2.35. The van der Waals surface area contributed by atoms with E-state index in [-0.39, 0.29) is 4.90 Å². The van der Waals surface area contributed by atoms with Crippen molar-refractivity contribution in [1.82, 2.24) is 19.3 Å². The van der Waals surface area contributed by atoms with Crippen LogP contribution < -0.4 is 9.80 Å². The van der Waals surface area contributed by atoms with Gasteiger partial charge in [0, 0.05) is 62.6 Å². The van der Waals surface area contributed by atoms with Crippen LogP contribution in [0.25, 0.3) is 10.9 Å². The van der Waals surface area contributed by atoms with Crippen LogP contribution in [0.1, 0.15) is 18.5 Å². The highest BCUT2D eigenvalue weighted by Crippen LogP contribution is 2.26. The second kappa shape index (κ2) is 8.05. The lowest BCUT2D eigenvalue weighted by Crippen LogP contribution is -2.49. The molecule has 0 saturated carbocycles. The summed E-state index contributed by atoms with van der Waals surface area (Å²) in [5, 5.41) is 0.827. The van der Waals surface area contributed by atoms with Crippen LogP contribution in [0, 0.1) is 6.92 Å². The predicted molar refractivity (Wildman–Crippen MR) is 121 cm³/mol. The average Bonchev–Trinajstić information content (AvgIpc) is 3.33. The molecule has 0 spiro atoms. The number of hydrogen-bond donors (Lipinski definition) is 0. The van der Waals surface area contributed by atoms with Gasteiger partial charge in [0.15, 0.2) is 0 Å². The molecule has 0 radical (unpaired) electrons. The maximum atomic E-state index is 13.4. The largest absolute Gasteiger partial charge is 0.354 e. The highest BCUT2D eigenvalue weighted by Gasteiger charge is 2.31. The van der Waals surface area contributed by atoms with Crippen LogP contribution in [0.5, 0.6) is 0 Å². The van der Waals surface area contributed by atoms with Gasteiger partial charge in [-0.2, -0.15) is 9.29 Å². The number of sulfonamides is 1. The first-order valence-electron chi connectivity index (χ1n) is 10.7. The van der Waals surface area contributed by atoms with Gasteiger partial charge in [0.25, 0.3) is 0 Å². The van der Waals surface area contributed by atoms with E-state index in [1.807, 2.05) is 31.2 Å². The summed E-state index contributed by atoms with van der Waals surface area (Å²) >= 11 is 0. The van der Waals surface area contributed by atoms with Gasteiger partial charge in [0.05, 0.1) is 5.52 Å². The number of piperazine rings is 1. The topological polar surface area (TPSA) is 82.5 Å². The number of pyridine rings is 1. The van der Waals surface area contributed by atoms with Crippen LogP contribution >= 0.6 is 0 Å². The minimum absolute atomic E-state index is 0.272. The molecular formula is C22H26N6O2S. The first-order chi connectivity index (χ1) is 15.0. The summed E-state index contributed by atoms with van der Waals surface area (Å²) in [5.74, 6) is 1.66. The van der Waals surface area contributed by atoms with Gasteiger partial charge in [-0.1, -0.05) is 18.2 Å². The molecule has 4 heterocycles. The third-order valence-electron chi connectivity index (χ3n) is 5.99. The molecule has 0 bridgehead atoms. The molecule has 2 fully saturated rings. The lowest BCUT2D eigenvalue weighted by atomic mass is 10.2. The number of hydrogen-bond acceptors (Lipinski definition) is 7. The van der Waals surface area contributed by atoms with Gasteiger partial charge in [-0.3, -0.25) is 4.98 Å². The fraction of sp³-hybridized carbons (Fsp3) is 0.409. The third-order valence-corrected chi connectivity index (χ3v) is 7.92. The van der Waals surface area contributed by atoms with Gasteiger partial charge in [-0.25, -0.2) is 13.4 Å². The molecule has 0 amide bonds. The van der Waals surface area contributed by atoms with Gasteiger partial charge < -0.3 is 9.80 Å². The monoisotopic (exact) mass is 438 g/mol. The second-order valence-corrected chi connectivity index (χ2v) is 9.99. The number of rotatable bonds is 4. The molecule has 0 N–H and O–H groups in total. The van der Waals surface area contributed by atoms with Crippen LogP contribution in [0.4, 0.5) is 11.8 Å². The van der Waals surface area contributed by atoms with Crippen molar-refractivity contribution in [2.45, 2.75) is 24.7 Å². The van der Waals surface area contributed by atoms with E-state index in [1.54, 1.807) is 22.6 Å². The SMILES string of the molecule is Cc1cc(N2CCN(S(=O)(=O)c3cccc4cccnc34)CC2)nc(N2CCCC2)n1. The molecule has 2 aliphatic heterocycles. The Morgan fingerprint density at radius 1 is 0.871 bits per heavy atom. The Labute approximate surface area is 182 Å². The molecule has 5 rings (SSSR count). The standard InChI is InChI=1S/C22H26N6O2S/c1-17-16-20(25-22(24-17)27-10-2-3-11-27)26-12-14-28(15-13-26)31(29,30)19-8-4-6-18-7-5-9-23-21(18)19/h4-9,16H,2-3,10-15H2,1H3. The van der Waals surface area contributed by atoms with Gasteiger partial charge >= 0.3 is 0 Å². The highest BCUT2D eigenvalue weighted by molar-refractivity contribution is 7.89. The summed E-state index contributed by atoms with van der Waals surface area (Å²) in [4.78, 5) is 18.4. The Hall–Kier alpha value is -2.78. The molecule has 9 heteroatoms. The van der Waals surface area contributed by atoms with Crippen molar-refractivity contribution >= 4 is 32.7 Å². The number of benzene rings is 1. The summed E-state index contributed by atoms with van der Waals surface area (Å²) in [5.41, 5.74) is 1.46. The summed E-state index contributed by atoms with van der Waals surface area (Å²) in [6, 6.07) is 11.0. The van der Waals surface area contributed by atoms with Gasteiger partial charge in [-0.15, -0.1) is 0 Å².